The van der Waals surface area contributed by atoms with E-state index < -0.39 is 8.07 Å². The fourth-order valence-corrected chi connectivity index (χ4v) is 17.7. The topological polar surface area (TPSA) is 116 Å². The Kier molecular flexibility index (Phi) is 11.5. The van der Waals surface area contributed by atoms with Crippen molar-refractivity contribution in [2.75, 3.05) is 13.2 Å². The lowest BCUT2D eigenvalue weighted by Gasteiger charge is -2.27. The van der Waals surface area contributed by atoms with E-state index in [1.54, 1.807) is 0 Å². The third-order valence-corrected chi connectivity index (χ3v) is 20.2. The Morgan fingerprint density at radius 1 is 0.287 bits per heavy atom. The molecule has 2 aliphatic rings. The maximum Gasteiger partial charge on any atom is 0.346 e. The molecule has 0 N–H and O–H groups in total. The molecule has 0 amide bonds. The molecule has 0 radical (unpaired) electrons. The van der Waals surface area contributed by atoms with Gasteiger partial charge in [-0.3, -0.25) is 27.4 Å². The van der Waals surface area contributed by atoms with Gasteiger partial charge in [-0.25, -0.2) is 29.9 Å². The Bertz CT molecular complexity index is 4420. The molecule has 2 aliphatic heterocycles. The number of nitrogens with zero attached hydrogens (tertiary/aromatic N) is 12. The van der Waals surface area contributed by atoms with E-state index >= 15 is 0 Å². The Morgan fingerprint density at radius 3 is 0.725 bits per heavy atom. The summed E-state index contributed by atoms with van der Waals surface area (Å²) in [5, 5.41) is 0. The van der Waals surface area contributed by atoms with Crippen LogP contribution in [-0.4, -0.2) is 78.6 Å². The molecule has 17 rings (SSSR count). The van der Waals surface area contributed by atoms with Crippen molar-refractivity contribution in [3.8, 4) is 34.1 Å². The standard InChI is InChI=1S/C40H24N8Si.C20H12Br2N4.C4H10O/c1-5-17-29-25(13-1)41-37-45(29)33-21-9-10-22-34(33)46-30-18-6-2-14-26(30)42-38(46)49(37)39-43-27-15-3-7-19-31(27)47(39)35-23-11-12-24-36(35)48-32-20-8-4-16-28(32)44-40(48)49;21-19-23-13-7-1-3-9-15(13)25(19)17-11-5-6-12-18(17)26-16-10-4-2-8-14(16)24-20(26)22;1-3-5-4-2/h1-24H;1-12H;3-4H2,1-2H3. The molecule has 80 heavy (non-hydrogen) atoms. The second-order valence-corrected chi connectivity index (χ2v) is 24.2. The molecule has 386 valence electrons. The maximum atomic E-state index is 5.67. The summed E-state index contributed by atoms with van der Waals surface area (Å²) in [5.74, 6) is 0. The highest BCUT2D eigenvalue weighted by atomic mass is 79.9. The lowest BCUT2D eigenvalue weighted by atomic mass is 10.2. The van der Waals surface area contributed by atoms with Gasteiger partial charge in [0.25, 0.3) is 0 Å². The van der Waals surface area contributed by atoms with Crippen LogP contribution in [0.2, 0.25) is 0 Å². The molecular formula is C64H46Br2N12OSi. The van der Waals surface area contributed by atoms with Crippen LogP contribution in [0.1, 0.15) is 13.8 Å². The van der Waals surface area contributed by atoms with Crippen molar-refractivity contribution in [2.45, 2.75) is 13.8 Å². The molecule has 0 bridgehead atoms. The molecule has 1 spiro atoms. The van der Waals surface area contributed by atoms with Crippen molar-refractivity contribution in [1.29, 1.82) is 0 Å². The molecule has 9 aromatic carbocycles. The van der Waals surface area contributed by atoms with Crippen LogP contribution in [0.4, 0.5) is 0 Å². The number of rotatable bonds is 4. The third-order valence-electron chi connectivity index (χ3n) is 15.1. The summed E-state index contributed by atoms with van der Waals surface area (Å²) in [5.41, 5.74) is 21.8. The van der Waals surface area contributed by atoms with Crippen molar-refractivity contribution in [3.63, 3.8) is 0 Å². The molecule has 0 atom stereocenters. The highest BCUT2D eigenvalue weighted by Gasteiger charge is 2.60. The van der Waals surface area contributed by atoms with E-state index in [1.165, 1.54) is 0 Å². The van der Waals surface area contributed by atoms with E-state index in [0.717, 1.165) is 145 Å². The minimum absolute atomic E-state index is 0.770. The highest BCUT2D eigenvalue weighted by Crippen LogP contribution is 2.37. The molecule has 0 unspecified atom stereocenters. The first-order valence-electron chi connectivity index (χ1n) is 26.5. The number of halogens is 2. The van der Waals surface area contributed by atoms with Crippen LogP contribution < -0.4 is 21.8 Å². The van der Waals surface area contributed by atoms with Crippen molar-refractivity contribution >= 4 is 128 Å². The minimum Gasteiger partial charge on any atom is -0.382 e. The number of imidazole rings is 6. The summed E-state index contributed by atoms with van der Waals surface area (Å²) in [7, 11) is -3.67. The monoisotopic (exact) mass is 1180 g/mol. The lowest BCUT2D eigenvalue weighted by Crippen LogP contribution is -2.81. The summed E-state index contributed by atoms with van der Waals surface area (Å²) in [6.45, 7) is 5.67. The van der Waals surface area contributed by atoms with E-state index in [4.69, 9.17) is 24.7 Å². The first-order chi connectivity index (χ1) is 39.5. The van der Waals surface area contributed by atoms with Crippen LogP contribution in [0.3, 0.4) is 0 Å². The Labute approximate surface area is 476 Å². The average molecular weight is 1190 g/mol. The first kappa shape index (κ1) is 48.1. The first-order valence-corrected chi connectivity index (χ1v) is 30.1. The number of hydrogen-bond donors (Lipinski definition) is 0. The molecule has 16 heteroatoms. The number of para-hydroxylation sites is 18. The number of aromatic nitrogens is 12. The zero-order valence-corrected chi connectivity index (χ0v) is 47.4. The number of fused-ring (bicyclic) bond motifs is 24. The van der Waals surface area contributed by atoms with Crippen molar-refractivity contribution in [2.24, 2.45) is 0 Å². The normalized spacial score (nSPS) is 12.8. The smallest absolute Gasteiger partial charge is 0.346 e. The molecule has 0 saturated heterocycles. The predicted molar refractivity (Wildman–Crippen MR) is 329 cm³/mol. The van der Waals surface area contributed by atoms with Gasteiger partial charge in [0, 0.05) is 13.2 Å². The molecule has 6 aromatic heterocycles. The van der Waals surface area contributed by atoms with Crippen LogP contribution in [0.15, 0.2) is 228 Å². The van der Waals surface area contributed by atoms with Gasteiger partial charge in [0.15, 0.2) is 9.47 Å². The third kappa shape index (κ3) is 7.08. The quantitative estimate of drug-likeness (QED) is 0.161. The van der Waals surface area contributed by atoms with Crippen LogP contribution in [0, 0.1) is 0 Å². The van der Waals surface area contributed by atoms with Gasteiger partial charge in [-0.15, -0.1) is 0 Å². The van der Waals surface area contributed by atoms with Crippen LogP contribution in [0.5, 0.6) is 0 Å². The van der Waals surface area contributed by atoms with Gasteiger partial charge >= 0.3 is 8.07 Å². The van der Waals surface area contributed by atoms with Gasteiger partial charge in [-0.1, -0.05) is 109 Å². The van der Waals surface area contributed by atoms with Gasteiger partial charge in [-0.2, -0.15) is 0 Å². The average Bonchev–Trinajstić information content (AvgIpc) is 4.44. The molecule has 0 fully saturated rings. The molecule has 0 saturated carbocycles. The second-order valence-electron chi connectivity index (χ2n) is 19.4. The van der Waals surface area contributed by atoms with Gasteiger partial charge in [0.05, 0.1) is 100 Å². The van der Waals surface area contributed by atoms with E-state index in [1.807, 2.05) is 62.4 Å². The fraction of sp³-hybridized carbons (Fsp3) is 0.0625. The predicted octanol–water partition coefficient (Wildman–Crippen LogP) is 12.0. The number of ether oxygens (including phenoxy) is 1. The van der Waals surface area contributed by atoms with Gasteiger partial charge in [0.2, 0.25) is 0 Å². The van der Waals surface area contributed by atoms with Crippen molar-refractivity contribution in [1.82, 2.24) is 57.3 Å². The molecule has 15 aromatic rings. The maximum absolute atomic E-state index is 5.67. The fourth-order valence-electron chi connectivity index (χ4n) is 11.9. The van der Waals surface area contributed by atoms with Gasteiger partial charge < -0.3 is 4.74 Å². The highest BCUT2D eigenvalue weighted by molar-refractivity contribution is 9.10. The summed E-state index contributed by atoms with van der Waals surface area (Å²) in [4.78, 5) is 31.9. The van der Waals surface area contributed by atoms with Crippen LogP contribution >= 0.6 is 31.9 Å². The lowest BCUT2D eigenvalue weighted by molar-refractivity contribution is 0.162. The second kappa shape index (κ2) is 19.1. The van der Waals surface area contributed by atoms with E-state index in [9.17, 15) is 0 Å². The zero-order chi connectivity index (χ0) is 53.6. The largest absolute Gasteiger partial charge is 0.382 e. The zero-order valence-electron chi connectivity index (χ0n) is 43.2. The summed E-state index contributed by atoms with van der Waals surface area (Å²) in [6.07, 6.45) is 0. The SMILES string of the molecule is Brc1nc2ccccc2n1-c1ccccc1-n1c(Br)nc2ccccc21.CCOCC.c1ccc2c(c1)-n1c(nc3ccccc31)[Si]1(c3nc4ccccc4n3-2)c2nc3ccccc3n2-c2ccccc2-n2c1nc1ccccc12. The van der Waals surface area contributed by atoms with Crippen LogP contribution in [-0.2, 0) is 4.74 Å². The molecule has 8 heterocycles. The Morgan fingerprint density at radius 2 is 0.487 bits per heavy atom. The minimum atomic E-state index is -3.67. The Balaban J connectivity index is 0.000000149. The summed E-state index contributed by atoms with van der Waals surface area (Å²) >= 11 is 7.25. The van der Waals surface area contributed by atoms with E-state index in [0.29, 0.717) is 0 Å². The molecule has 13 nitrogen and oxygen atoms in total. The van der Waals surface area contributed by atoms with Crippen molar-refractivity contribution < 1.29 is 4.74 Å². The van der Waals surface area contributed by atoms with Gasteiger partial charge in [0.1, 0.15) is 21.8 Å². The molecular weight excluding hydrogens is 1140 g/mol. The van der Waals surface area contributed by atoms with E-state index in [-0.39, 0.29) is 0 Å². The molecule has 0 aliphatic carbocycles. The Hall–Kier alpha value is -9.06. The number of benzene rings is 9. The van der Waals surface area contributed by atoms with Crippen LogP contribution in [0.25, 0.3) is 100 Å². The van der Waals surface area contributed by atoms with Crippen molar-refractivity contribution in [3.05, 3.63) is 228 Å². The van der Waals surface area contributed by atoms with Gasteiger partial charge in [-0.05, 0) is 155 Å². The van der Waals surface area contributed by atoms with E-state index in [2.05, 4.69) is 239 Å². The summed E-state index contributed by atoms with van der Waals surface area (Å²) < 4.78 is 20.1. The number of hydrogen-bond acceptors (Lipinski definition) is 7. The summed E-state index contributed by atoms with van der Waals surface area (Å²) in [6, 6.07) is 75.6.